The van der Waals surface area contributed by atoms with Crippen molar-refractivity contribution in [3.63, 3.8) is 0 Å². The minimum atomic E-state index is 0.250. The lowest BCUT2D eigenvalue weighted by Gasteiger charge is -1.98. The van der Waals surface area contributed by atoms with Gasteiger partial charge >= 0.3 is 0 Å². The van der Waals surface area contributed by atoms with E-state index in [0.29, 0.717) is 5.88 Å². The molecule has 0 amide bonds. The number of rotatable bonds is 1. The Kier molecular flexibility index (Phi) is 2.47. The zero-order chi connectivity index (χ0) is 7.40. The van der Waals surface area contributed by atoms with Crippen LogP contribution in [0.2, 0.25) is 0 Å². The van der Waals surface area contributed by atoms with E-state index >= 15 is 0 Å². The summed E-state index contributed by atoms with van der Waals surface area (Å²) >= 11 is 4.60. The highest BCUT2D eigenvalue weighted by Gasteiger charge is 1.92. The summed E-state index contributed by atoms with van der Waals surface area (Å²) in [7, 11) is 3.00. The molecular weight excluding hydrogens is 164 g/mol. The third kappa shape index (κ3) is 2.20. The van der Waals surface area contributed by atoms with Crippen molar-refractivity contribution in [1.82, 2.24) is 9.97 Å². The molecule has 0 spiro atoms. The SMILES string of the molecule is [Si]C(=S)Oc1cnccn1. The molecule has 1 heterocycles. The van der Waals surface area contributed by atoms with Crippen molar-refractivity contribution >= 4 is 27.1 Å². The first-order valence-electron chi connectivity index (χ1n) is 2.48. The van der Waals surface area contributed by atoms with Crippen molar-refractivity contribution in [3.8, 4) is 5.88 Å². The third-order valence-electron chi connectivity index (χ3n) is 0.737. The van der Waals surface area contributed by atoms with Crippen LogP contribution in [0.5, 0.6) is 5.88 Å². The summed E-state index contributed by atoms with van der Waals surface area (Å²) in [5, 5.41) is 0. The van der Waals surface area contributed by atoms with Crippen LogP contribution in [0.4, 0.5) is 0 Å². The van der Waals surface area contributed by atoms with Crippen LogP contribution in [0, 0.1) is 0 Å². The van der Waals surface area contributed by atoms with Crippen LogP contribution in [-0.2, 0) is 0 Å². The maximum atomic E-state index is 4.89. The van der Waals surface area contributed by atoms with Gasteiger partial charge in [-0.05, 0) is 0 Å². The molecule has 0 aliphatic rings. The maximum absolute atomic E-state index is 4.89. The monoisotopic (exact) mass is 167 g/mol. The van der Waals surface area contributed by atoms with E-state index in [-0.39, 0.29) is 4.67 Å². The van der Waals surface area contributed by atoms with Crippen molar-refractivity contribution in [2.24, 2.45) is 0 Å². The Morgan fingerprint density at radius 2 is 2.40 bits per heavy atom. The number of hydrogen-bond acceptors (Lipinski definition) is 4. The second-order valence-corrected chi connectivity index (χ2v) is 2.62. The molecule has 5 heteroatoms. The van der Waals surface area contributed by atoms with Crippen LogP contribution in [-0.4, -0.2) is 24.9 Å². The zero-order valence-electron chi connectivity index (χ0n) is 4.94. The van der Waals surface area contributed by atoms with E-state index in [9.17, 15) is 0 Å². The number of nitrogens with zero attached hydrogens (tertiary/aromatic N) is 2. The fraction of sp³-hybridized carbons (Fsp3) is 0. The molecule has 0 saturated heterocycles. The van der Waals surface area contributed by atoms with E-state index in [1.54, 1.807) is 6.20 Å². The highest BCUT2D eigenvalue weighted by molar-refractivity contribution is 7.82. The summed E-state index contributed by atoms with van der Waals surface area (Å²) in [5.74, 6) is 0.391. The van der Waals surface area contributed by atoms with Gasteiger partial charge in [-0.2, -0.15) is 0 Å². The summed E-state index contributed by atoms with van der Waals surface area (Å²) in [6.45, 7) is 0. The summed E-state index contributed by atoms with van der Waals surface area (Å²) in [4.78, 5) is 7.58. The van der Waals surface area contributed by atoms with Crippen molar-refractivity contribution < 1.29 is 4.74 Å². The average Bonchev–Trinajstić information content (AvgIpc) is 1.88. The summed E-state index contributed by atoms with van der Waals surface area (Å²) in [6, 6.07) is 0. The second kappa shape index (κ2) is 3.38. The molecule has 0 aliphatic heterocycles. The Labute approximate surface area is 66.9 Å². The Bertz CT molecular complexity index is 228. The van der Waals surface area contributed by atoms with E-state index < -0.39 is 0 Å². The van der Waals surface area contributed by atoms with Gasteiger partial charge in [0, 0.05) is 12.4 Å². The van der Waals surface area contributed by atoms with Gasteiger partial charge in [-0.3, -0.25) is 4.98 Å². The smallest absolute Gasteiger partial charge is 0.237 e. The van der Waals surface area contributed by atoms with E-state index in [1.165, 1.54) is 12.4 Å². The number of ether oxygens (including phenoxy) is 1. The molecule has 10 heavy (non-hydrogen) atoms. The Hall–Kier alpha value is -0.813. The van der Waals surface area contributed by atoms with Gasteiger partial charge in [0.2, 0.25) is 5.88 Å². The minimum absolute atomic E-state index is 0.250. The van der Waals surface area contributed by atoms with Crippen LogP contribution in [0.25, 0.3) is 0 Å². The topological polar surface area (TPSA) is 35.0 Å². The van der Waals surface area contributed by atoms with E-state index in [4.69, 9.17) is 4.74 Å². The number of thiocarbonyl (C=S) groups is 1. The van der Waals surface area contributed by atoms with E-state index in [1.807, 2.05) is 0 Å². The molecule has 1 aromatic heterocycles. The average molecular weight is 167 g/mol. The first-order valence-corrected chi connectivity index (χ1v) is 3.39. The highest BCUT2D eigenvalue weighted by atomic mass is 32.1. The van der Waals surface area contributed by atoms with Crippen LogP contribution in [0.15, 0.2) is 18.6 Å². The van der Waals surface area contributed by atoms with Gasteiger partial charge in [-0.1, -0.05) is 12.2 Å². The van der Waals surface area contributed by atoms with Gasteiger partial charge in [0.25, 0.3) is 0 Å². The molecule has 0 bridgehead atoms. The fourth-order valence-corrected chi connectivity index (χ4v) is 0.623. The van der Waals surface area contributed by atoms with Gasteiger partial charge in [0.1, 0.15) is 14.9 Å². The molecule has 1 aromatic rings. The van der Waals surface area contributed by atoms with Crippen molar-refractivity contribution in [1.29, 1.82) is 0 Å². The van der Waals surface area contributed by atoms with Gasteiger partial charge < -0.3 is 4.74 Å². The lowest BCUT2D eigenvalue weighted by atomic mass is 10.7. The molecule has 0 aliphatic carbocycles. The molecule has 0 aromatic carbocycles. The third-order valence-corrected chi connectivity index (χ3v) is 0.922. The van der Waals surface area contributed by atoms with Crippen LogP contribution in [0.3, 0.4) is 0 Å². The largest absolute Gasteiger partial charge is 0.437 e. The first kappa shape index (κ1) is 7.30. The minimum Gasteiger partial charge on any atom is -0.437 e. The standard InChI is InChI=1S/C5H3N2OSSi/c9-5(10)8-4-3-6-1-2-7-4/h1-3H. The maximum Gasteiger partial charge on any atom is 0.237 e. The number of hydrogen-bond donors (Lipinski definition) is 0. The normalized spacial score (nSPS) is 8.90. The van der Waals surface area contributed by atoms with E-state index in [0.717, 1.165) is 0 Å². The van der Waals surface area contributed by atoms with Crippen molar-refractivity contribution in [3.05, 3.63) is 18.6 Å². The summed E-state index contributed by atoms with van der Waals surface area (Å²) in [5.41, 5.74) is 0. The zero-order valence-corrected chi connectivity index (χ0v) is 6.76. The van der Waals surface area contributed by atoms with Crippen LogP contribution < -0.4 is 4.74 Å². The second-order valence-electron chi connectivity index (χ2n) is 1.43. The van der Waals surface area contributed by atoms with Crippen LogP contribution in [0.1, 0.15) is 0 Å². The fourth-order valence-electron chi connectivity index (χ4n) is 0.433. The van der Waals surface area contributed by atoms with Gasteiger partial charge in [0.05, 0.1) is 6.20 Å². The van der Waals surface area contributed by atoms with Gasteiger partial charge in [0.15, 0.2) is 0 Å². The van der Waals surface area contributed by atoms with Crippen molar-refractivity contribution in [2.75, 3.05) is 0 Å². The molecular formula is C5H3N2OSSi. The predicted octanol–water partition coefficient (Wildman–Crippen LogP) is 0.309. The lowest BCUT2D eigenvalue weighted by Crippen LogP contribution is -2.04. The molecule has 0 unspecified atom stereocenters. The summed E-state index contributed by atoms with van der Waals surface area (Å²) in [6.07, 6.45) is 4.57. The molecule has 1 rings (SSSR count). The molecule has 3 radical (unpaired) electrons. The highest BCUT2D eigenvalue weighted by Crippen LogP contribution is 1.99. The summed E-state index contributed by atoms with van der Waals surface area (Å²) < 4.78 is 5.14. The van der Waals surface area contributed by atoms with Gasteiger partial charge in [-0.25, -0.2) is 4.98 Å². The van der Waals surface area contributed by atoms with Crippen LogP contribution >= 0.6 is 12.2 Å². The molecule has 0 atom stereocenters. The number of aromatic nitrogens is 2. The van der Waals surface area contributed by atoms with Gasteiger partial charge in [-0.15, -0.1) is 0 Å². The van der Waals surface area contributed by atoms with Crippen molar-refractivity contribution in [2.45, 2.75) is 0 Å². The Morgan fingerprint density at radius 1 is 1.60 bits per heavy atom. The molecule has 49 valence electrons. The quantitative estimate of drug-likeness (QED) is 0.445. The lowest BCUT2D eigenvalue weighted by molar-refractivity contribution is 0.548. The van der Waals surface area contributed by atoms with E-state index in [2.05, 4.69) is 32.4 Å². The Morgan fingerprint density at radius 3 is 2.90 bits per heavy atom. The molecule has 0 N–H and O–H groups in total. The Balaban J connectivity index is 2.67. The predicted molar refractivity (Wildman–Crippen MR) is 41.0 cm³/mol. The molecule has 0 saturated carbocycles. The molecule has 0 fully saturated rings. The first-order chi connectivity index (χ1) is 4.79. The molecule has 3 nitrogen and oxygen atoms in total.